The molecule has 0 radical (unpaired) electrons. The summed E-state index contributed by atoms with van der Waals surface area (Å²) in [5.41, 5.74) is 5.60. The first-order chi connectivity index (χ1) is 5.59. The zero-order valence-electron chi connectivity index (χ0n) is 8.17. The van der Waals surface area contributed by atoms with Crippen LogP contribution in [0.25, 0.3) is 0 Å². The summed E-state index contributed by atoms with van der Waals surface area (Å²) in [6.45, 7) is 7.39. The van der Waals surface area contributed by atoms with E-state index >= 15 is 0 Å². The largest absolute Gasteiger partial charge is 0.350 e. The second-order valence-corrected chi connectivity index (χ2v) is 3.77. The smallest absolute Gasteiger partial charge is 0.163 e. The van der Waals surface area contributed by atoms with E-state index in [9.17, 15) is 0 Å². The van der Waals surface area contributed by atoms with Gasteiger partial charge in [0.25, 0.3) is 0 Å². The summed E-state index contributed by atoms with van der Waals surface area (Å²) in [5, 5.41) is 0. The lowest BCUT2D eigenvalue weighted by Crippen LogP contribution is -2.47. The minimum absolute atomic E-state index is 0.263. The van der Waals surface area contributed by atoms with Gasteiger partial charge in [0.15, 0.2) is 5.79 Å². The van der Waals surface area contributed by atoms with Gasteiger partial charge < -0.3 is 15.2 Å². The average molecular weight is 173 g/mol. The first-order valence-electron chi connectivity index (χ1n) is 4.61. The zero-order valence-corrected chi connectivity index (χ0v) is 8.17. The molecule has 0 aromatic heterocycles. The molecule has 0 bridgehead atoms. The average Bonchev–Trinajstić information content (AvgIpc) is 2.03. The SMILES string of the molecule is CC[C@@H]1OC(C)(C)OC[C@H]1CN. The Morgan fingerprint density at radius 2 is 2.17 bits per heavy atom. The van der Waals surface area contributed by atoms with Crippen molar-refractivity contribution >= 4 is 0 Å². The normalized spacial score (nSPS) is 35.0. The van der Waals surface area contributed by atoms with E-state index < -0.39 is 5.79 Å². The topological polar surface area (TPSA) is 44.5 Å². The van der Waals surface area contributed by atoms with E-state index in [0.29, 0.717) is 12.5 Å². The molecule has 3 heteroatoms. The third-order valence-electron chi connectivity index (χ3n) is 2.31. The molecule has 0 saturated carbocycles. The minimum Gasteiger partial charge on any atom is -0.350 e. The van der Waals surface area contributed by atoms with E-state index in [0.717, 1.165) is 13.0 Å². The maximum Gasteiger partial charge on any atom is 0.163 e. The summed E-state index contributed by atoms with van der Waals surface area (Å²) in [4.78, 5) is 0. The van der Waals surface area contributed by atoms with Crippen LogP contribution in [0.5, 0.6) is 0 Å². The highest BCUT2D eigenvalue weighted by Gasteiger charge is 2.34. The Bertz CT molecular complexity index is 147. The van der Waals surface area contributed by atoms with Crippen molar-refractivity contribution in [3.05, 3.63) is 0 Å². The van der Waals surface area contributed by atoms with Gasteiger partial charge in [0, 0.05) is 5.92 Å². The number of hydrogen-bond donors (Lipinski definition) is 1. The maximum atomic E-state index is 5.72. The van der Waals surface area contributed by atoms with Crippen molar-refractivity contribution in [1.82, 2.24) is 0 Å². The Balaban J connectivity index is 2.53. The van der Waals surface area contributed by atoms with E-state index in [1.165, 1.54) is 0 Å². The van der Waals surface area contributed by atoms with Gasteiger partial charge in [-0.3, -0.25) is 0 Å². The highest BCUT2D eigenvalue weighted by atomic mass is 16.7. The molecule has 0 aromatic rings. The van der Waals surface area contributed by atoms with Crippen molar-refractivity contribution in [1.29, 1.82) is 0 Å². The Morgan fingerprint density at radius 3 is 2.67 bits per heavy atom. The molecule has 2 atom stereocenters. The van der Waals surface area contributed by atoms with Crippen molar-refractivity contribution in [3.63, 3.8) is 0 Å². The predicted molar refractivity (Wildman–Crippen MR) is 47.7 cm³/mol. The van der Waals surface area contributed by atoms with Crippen molar-refractivity contribution < 1.29 is 9.47 Å². The van der Waals surface area contributed by atoms with Crippen LogP contribution in [-0.4, -0.2) is 25.0 Å². The van der Waals surface area contributed by atoms with Gasteiger partial charge in [-0.15, -0.1) is 0 Å². The third kappa shape index (κ3) is 2.19. The molecule has 1 saturated heterocycles. The Hall–Kier alpha value is -0.120. The van der Waals surface area contributed by atoms with Gasteiger partial charge in [-0.1, -0.05) is 6.92 Å². The summed E-state index contributed by atoms with van der Waals surface area (Å²) < 4.78 is 11.2. The highest BCUT2D eigenvalue weighted by molar-refractivity contribution is 4.77. The number of ether oxygens (including phenoxy) is 2. The van der Waals surface area contributed by atoms with E-state index in [1.807, 2.05) is 13.8 Å². The van der Waals surface area contributed by atoms with Crippen LogP contribution in [0.15, 0.2) is 0 Å². The lowest BCUT2D eigenvalue weighted by Gasteiger charge is -2.40. The Morgan fingerprint density at radius 1 is 1.50 bits per heavy atom. The van der Waals surface area contributed by atoms with Crippen LogP contribution >= 0.6 is 0 Å². The lowest BCUT2D eigenvalue weighted by molar-refractivity contribution is -0.291. The monoisotopic (exact) mass is 173 g/mol. The molecule has 0 unspecified atom stereocenters. The number of hydrogen-bond acceptors (Lipinski definition) is 3. The second kappa shape index (κ2) is 3.73. The molecular formula is C9H19NO2. The lowest BCUT2D eigenvalue weighted by atomic mass is 9.99. The number of nitrogens with two attached hydrogens (primary N) is 1. The van der Waals surface area contributed by atoms with Gasteiger partial charge in [0.2, 0.25) is 0 Å². The maximum absolute atomic E-state index is 5.72. The predicted octanol–water partition coefficient (Wildman–Crippen LogP) is 1.12. The van der Waals surface area contributed by atoms with Gasteiger partial charge in [0.1, 0.15) is 0 Å². The fourth-order valence-corrected chi connectivity index (χ4v) is 1.55. The summed E-state index contributed by atoms with van der Waals surface area (Å²) in [7, 11) is 0. The molecule has 1 aliphatic rings. The number of rotatable bonds is 2. The third-order valence-corrected chi connectivity index (χ3v) is 2.31. The van der Waals surface area contributed by atoms with Gasteiger partial charge >= 0.3 is 0 Å². The van der Waals surface area contributed by atoms with E-state index in [4.69, 9.17) is 15.2 Å². The molecule has 0 aliphatic carbocycles. The minimum atomic E-state index is -0.424. The van der Waals surface area contributed by atoms with Crippen molar-refractivity contribution in [3.8, 4) is 0 Å². The van der Waals surface area contributed by atoms with Crippen LogP contribution in [-0.2, 0) is 9.47 Å². The van der Waals surface area contributed by atoms with Crippen LogP contribution in [0.2, 0.25) is 0 Å². The van der Waals surface area contributed by atoms with Crippen LogP contribution in [0.4, 0.5) is 0 Å². The van der Waals surface area contributed by atoms with Crippen molar-refractivity contribution in [2.75, 3.05) is 13.2 Å². The standard InChI is InChI=1S/C9H19NO2/c1-4-8-7(5-10)6-11-9(2,3)12-8/h7-8H,4-6,10H2,1-3H3/t7-,8+/m1/s1. The summed E-state index contributed by atoms with van der Waals surface area (Å²) >= 11 is 0. The summed E-state index contributed by atoms with van der Waals surface area (Å²) in [6, 6.07) is 0. The molecule has 2 N–H and O–H groups in total. The molecule has 1 aliphatic heterocycles. The molecule has 0 spiro atoms. The first-order valence-corrected chi connectivity index (χ1v) is 4.61. The van der Waals surface area contributed by atoms with Crippen molar-refractivity contribution in [2.24, 2.45) is 11.7 Å². The molecule has 1 fully saturated rings. The van der Waals surface area contributed by atoms with E-state index in [1.54, 1.807) is 0 Å². The van der Waals surface area contributed by atoms with Crippen LogP contribution in [0.1, 0.15) is 27.2 Å². The summed E-state index contributed by atoms with van der Waals surface area (Å²) in [6.07, 6.45) is 1.27. The first kappa shape index (κ1) is 9.96. The quantitative estimate of drug-likeness (QED) is 0.680. The van der Waals surface area contributed by atoms with E-state index in [2.05, 4.69) is 6.92 Å². The summed E-state index contributed by atoms with van der Waals surface area (Å²) in [5.74, 6) is -0.0603. The van der Waals surface area contributed by atoms with Crippen molar-refractivity contribution in [2.45, 2.75) is 39.1 Å². The molecule has 3 nitrogen and oxygen atoms in total. The molecule has 1 rings (SSSR count). The Labute approximate surface area is 74.2 Å². The van der Waals surface area contributed by atoms with Crippen LogP contribution in [0, 0.1) is 5.92 Å². The molecule has 0 amide bonds. The fraction of sp³-hybridized carbons (Fsp3) is 1.00. The van der Waals surface area contributed by atoms with Gasteiger partial charge in [-0.05, 0) is 26.8 Å². The van der Waals surface area contributed by atoms with Gasteiger partial charge in [0.05, 0.1) is 12.7 Å². The van der Waals surface area contributed by atoms with Gasteiger partial charge in [-0.2, -0.15) is 0 Å². The van der Waals surface area contributed by atoms with Crippen LogP contribution in [0.3, 0.4) is 0 Å². The fourth-order valence-electron chi connectivity index (χ4n) is 1.55. The second-order valence-electron chi connectivity index (χ2n) is 3.77. The van der Waals surface area contributed by atoms with E-state index in [-0.39, 0.29) is 6.10 Å². The molecule has 0 aromatic carbocycles. The molecule has 72 valence electrons. The van der Waals surface area contributed by atoms with Crippen LogP contribution < -0.4 is 5.73 Å². The highest BCUT2D eigenvalue weighted by Crippen LogP contribution is 2.27. The molecule has 12 heavy (non-hydrogen) atoms. The molecule has 1 heterocycles. The Kier molecular flexibility index (Phi) is 3.09. The van der Waals surface area contributed by atoms with Gasteiger partial charge in [-0.25, -0.2) is 0 Å². The zero-order chi connectivity index (χ0) is 9.19. The molecular weight excluding hydrogens is 154 g/mol.